The van der Waals surface area contributed by atoms with Gasteiger partial charge < -0.3 is 5.73 Å². The van der Waals surface area contributed by atoms with Gasteiger partial charge in [-0.3, -0.25) is 9.59 Å². The molecule has 0 saturated carbocycles. The van der Waals surface area contributed by atoms with Gasteiger partial charge in [-0.1, -0.05) is 0 Å². The van der Waals surface area contributed by atoms with Gasteiger partial charge in [-0.25, -0.2) is 5.10 Å². The number of hydrogen-bond acceptors (Lipinski definition) is 5. The summed E-state index contributed by atoms with van der Waals surface area (Å²) < 4.78 is 0. The molecule has 7 heteroatoms. The van der Waals surface area contributed by atoms with Crippen LogP contribution in [0.2, 0.25) is 0 Å². The molecule has 3 N–H and O–H groups in total. The lowest BCUT2D eigenvalue weighted by atomic mass is 10.4. The summed E-state index contributed by atoms with van der Waals surface area (Å²) in [6.07, 6.45) is 0. The van der Waals surface area contributed by atoms with Crippen LogP contribution in [0.4, 0.5) is 0 Å². The molecule has 0 aliphatic rings. The van der Waals surface area contributed by atoms with Gasteiger partial charge in [0.05, 0.1) is 0 Å². The number of H-pyrrole nitrogens is 1. The molecule has 1 rings (SSSR count). The number of carbonyl (C=O) groups excluding carboxylic acids is 2. The summed E-state index contributed by atoms with van der Waals surface area (Å²) >= 11 is 0. The molecule has 0 atom stereocenters. The van der Waals surface area contributed by atoms with E-state index in [9.17, 15) is 9.59 Å². The van der Waals surface area contributed by atoms with E-state index in [2.05, 4.69) is 26.4 Å². The normalized spacial score (nSPS) is 9.20. The second-order valence-electron chi connectivity index (χ2n) is 1.44. The minimum Gasteiger partial charge on any atom is -0.363 e. The second kappa shape index (κ2) is 2.21. The van der Waals surface area contributed by atoms with Crippen LogP contribution >= 0.6 is 0 Å². The average Bonchev–Trinajstić information content (AvgIpc) is 2.36. The molecule has 10 heavy (non-hydrogen) atoms. The third kappa shape index (κ3) is 0.966. The van der Waals surface area contributed by atoms with E-state index in [4.69, 9.17) is 0 Å². The Balaban J connectivity index is 2.88. The summed E-state index contributed by atoms with van der Waals surface area (Å²) in [7, 11) is 0. The van der Waals surface area contributed by atoms with Crippen LogP contribution in [0.5, 0.6) is 0 Å². The largest absolute Gasteiger partial charge is 0.363 e. The van der Waals surface area contributed by atoms with Crippen molar-refractivity contribution in [2.45, 2.75) is 0 Å². The molecule has 1 aromatic rings. The van der Waals surface area contributed by atoms with Crippen LogP contribution in [0.25, 0.3) is 0 Å². The summed E-state index contributed by atoms with van der Waals surface area (Å²) in [5.41, 5.74) is 4.62. The minimum atomic E-state index is -1.08. The van der Waals surface area contributed by atoms with Gasteiger partial charge in [-0.2, -0.15) is 0 Å². The van der Waals surface area contributed by atoms with E-state index < -0.39 is 11.7 Å². The van der Waals surface area contributed by atoms with Gasteiger partial charge in [0.15, 0.2) is 0 Å². The summed E-state index contributed by atoms with van der Waals surface area (Å²) in [5.74, 6) is -2.25. The smallest absolute Gasteiger partial charge is 0.293 e. The van der Waals surface area contributed by atoms with E-state index in [1.54, 1.807) is 0 Å². The maximum Gasteiger partial charge on any atom is 0.293 e. The zero-order chi connectivity index (χ0) is 7.56. The van der Waals surface area contributed by atoms with Gasteiger partial charge >= 0.3 is 0 Å². The first-order valence-electron chi connectivity index (χ1n) is 2.29. The fourth-order valence-corrected chi connectivity index (χ4v) is 0.372. The van der Waals surface area contributed by atoms with Crippen molar-refractivity contribution in [3.05, 3.63) is 5.82 Å². The maximum atomic E-state index is 10.6. The van der Waals surface area contributed by atoms with Gasteiger partial charge in [0, 0.05) is 0 Å². The molecule has 0 radical (unpaired) electrons. The lowest BCUT2D eigenvalue weighted by Crippen LogP contribution is -2.24. The topological polar surface area (TPSA) is 115 Å². The highest BCUT2D eigenvalue weighted by Crippen LogP contribution is 1.83. The molecular formula is C3H3N5O2. The van der Waals surface area contributed by atoms with Crippen molar-refractivity contribution in [3.63, 3.8) is 0 Å². The Morgan fingerprint density at radius 1 is 1.50 bits per heavy atom. The predicted octanol–water partition coefficient (Wildman–Crippen LogP) is -2.13. The van der Waals surface area contributed by atoms with Gasteiger partial charge in [-0.05, 0) is 10.4 Å². The van der Waals surface area contributed by atoms with E-state index in [0.717, 1.165) is 0 Å². The standard InChI is InChI=1S/C3H3N5O2/c4-2(10)1(9)3-5-7-8-6-3/h(H2,4,10)(H,5,6,7,8). The zero-order valence-corrected chi connectivity index (χ0v) is 4.74. The van der Waals surface area contributed by atoms with Gasteiger partial charge in [0.2, 0.25) is 5.82 Å². The molecule has 1 heterocycles. The average molecular weight is 141 g/mol. The molecule has 0 unspecified atom stereocenters. The first-order valence-corrected chi connectivity index (χ1v) is 2.29. The minimum absolute atomic E-state index is 0.243. The Bertz CT molecular complexity index is 252. The first-order chi connectivity index (χ1) is 4.72. The van der Waals surface area contributed by atoms with Crippen LogP contribution in [-0.2, 0) is 4.79 Å². The van der Waals surface area contributed by atoms with Gasteiger partial charge in [-0.15, -0.1) is 5.10 Å². The van der Waals surface area contributed by atoms with Crippen LogP contribution in [0.15, 0.2) is 0 Å². The van der Waals surface area contributed by atoms with E-state index in [1.165, 1.54) is 0 Å². The Labute approximate surface area is 54.6 Å². The molecule has 1 aromatic heterocycles. The highest BCUT2D eigenvalue weighted by molar-refractivity contribution is 6.41. The van der Waals surface area contributed by atoms with E-state index >= 15 is 0 Å². The van der Waals surface area contributed by atoms with Crippen molar-refractivity contribution in [1.82, 2.24) is 20.6 Å². The molecule has 52 valence electrons. The van der Waals surface area contributed by atoms with Crippen molar-refractivity contribution < 1.29 is 9.59 Å². The highest BCUT2D eigenvalue weighted by Gasteiger charge is 2.15. The SMILES string of the molecule is NC(=O)C(=O)c1nnn[nH]1. The predicted molar refractivity (Wildman–Crippen MR) is 27.7 cm³/mol. The molecule has 7 nitrogen and oxygen atoms in total. The Morgan fingerprint density at radius 3 is 2.60 bits per heavy atom. The van der Waals surface area contributed by atoms with Crippen LogP contribution in [0, 0.1) is 0 Å². The lowest BCUT2D eigenvalue weighted by Gasteiger charge is -1.83. The number of aromatic nitrogens is 4. The number of ketones is 1. The summed E-state index contributed by atoms with van der Waals surface area (Å²) in [4.78, 5) is 20.7. The monoisotopic (exact) mass is 141 g/mol. The molecular weight excluding hydrogens is 138 g/mol. The van der Waals surface area contributed by atoms with Crippen molar-refractivity contribution in [2.24, 2.45) is 5.73 Å². The number of primary amides is 1. The highest BCUT2D eigenvalue weighted by atomic mass is 16.2. The number of carbonyl (C=O) groups is 2. The van der Waals surface area contributed by atoms with E-state index in [-0.39, 0.29) is 5.82 Å². The third-order valence-corrected chi connectivity index (χ3v) is 0.784. The van der Waals surface area contributed by atoms with E-state index in [1.807, 2.05) is 0 Å². The quantitative estimate of drug-likeness (QED) is 0.360. The number of rotatable bonds is 2. The molecule has 0 aliphatic heterocycles. The number of aromatic amines is 1. The lowest BCUT2D eigenvalue weighted by molar-refractivity contribution is -0.114. The molecule has 1 amide bonds. The zero-order valence-electron chi connectivity index (χ0n) is 4.74. The number of nitrogens with one attached hydrogen (secondary N) is 1. The number of nitrogens with two attached hydrogens (primary N) is 1. The number of hydrogen-bond donors (Lipinski definition) is 2. The van der Waals surface area contributed by atoms with Crippen LogP contribution in [0.3, 0.4) is 0 Å². The molecule has 0 aromatic carbocycles. The van der Waals surface area contributed by atoms with Gasteiger partial charge in [0.25, 0.3) is 11.7 Å². The number of amides is 1. The Morgan fingerprint density at radius 2 is 2.20 bits per heavy atom. The molecule has 0 aliphatic carbocycles. The third-order valence-electron chi connectivity index (χ3n) is 0.784. The van der Waals surface area contributed by atoms with Crippen molar-refractivity contribution in [3.8, 4) is 0 Å². The Kier molecular flexibility index (Phi) is 1.40. The molecule has 0 spiro atoms. The molecule has 0 fully saturated rings. The molecule has 0 saturated heterocycles. The molecule has 0 bridgehead atoms. The number of tetrazole rings is 1. The number of nitrogens with zero attached hydrogens (tertiary/aromatic N) is 3. The van der Waals surface area contributed by atoms with Crippen LogP contribution < -0.4 is 5.73 Å². The summed E-state index contributed by atoms with van der Waals surface area (Å²) in [6, 6.07) is 0. The second-order valence-corrected chi connectivity index (χ2v) is 1.44. The number of Topliss-reactive ketones (excluding diaryl/α,β-unsaturated/α-hetero) is 1. The van der Waals surface area contributed by atoms with Crippen LogP contribution in [0.1, 0.15) is 10.6 Å². The summed E-state index contributed by atoms with van der Waals surface area (Å²) in [6.45, 7) is 0. The van der Waals surface area contributed by atoms with Gasteiger partial charge in [0.1, 0.15) is 0 Å². The fourth-order valence-electron chi connectivity index (χ4n) is 0.372. The summed E-state index contributed by atoms with van der Waals surface area (Å²) in [5, 5.41) is 11.4. The van der Waals surface area contributed by atoms with Crippen molar-refractivity contribution >= 4 is 11.7 Å². The van der Waals surface area contributed by atoms with Crippen molar-refractivity contribution in [2.75, 3.05) is 0 Å². The first kappa shape index (κ1) is 6.33. The fraction of sp³-hybridized carbons (Fsp3) is 0. The maximum absolute atomic E-state index is 10.6. The van der Waals surface area contributed by atoms with Crippen LogP contribution in [-0.4, -0.2) is 32.3 Å². The van der Waals surface area contributed by atoms with Crippen molar-refractivity contribution in [1.29, 1.82) is 0 Å². The van der Waals surface area contributed by atoms with E-state index in [0.29, 0.717) is 0 Å². The Hall–Kier alpha value is -1.79.